The Bertz CT molecular complexity index is 678. The van der Waals surface area contributed by atoms with E-state index in [9.17, 15) is 13.6 Å². The summed E-state index contributed by atoms with van der Waals surface area (Å²) in [5.74, 6) is -2.15. The number of aryl methyl sites for hydroxylation is 2. The van der Waals surface area contributed by atoms with E-state index in [-0.39, 0.29) is 12.3 Å². The number of carbonyl (C=O) groups excluding carboxylic acids is 1. The monoisotopic (exact) mass is 353 g/mol. The van der Waals surface area contributed by atoms with E-state index < -0.39 is 11.6 Å². The first-order valence-electron chi connectivity index (χ1n) is 6.37. The van der Waals surface area contributed by atoms with Gasteiger partial charge in [-0.1, -0.05) is 12.1 Å². The maximum absolute atomic E-state index is 13.1. The topological polar surface area (TPSA) is 29.1 Å². The summed E-state index contributed by atoms with van der Waals surface area (Å²) in [5, 5.41) is 2.79. The van der Waals surface area contributed by atoms with E-state index in [0.717, 1.165) is 27.7 Å². The number of anilines is 1. The van der Waals surface area contributed by atoms with Gasteiger partial charge in [-0.25, -0.2) is 8.78 Å². The molecule has 110 valence electrons. The average Bonchev–Trinajstić information content (AvgIpc) is 2.38. The van der Waals surface area contributed by atoms with E-state index in [4.69, 9.17) is 0 Å². The summed E-state index contributed by atoms with van der Waals surface area (Å²) in [6, 6.07) is 7.31. The first-order chi connectivity index (χ1) is 9.86. The Balaban J connectivity index is 2.13. The van der Waals surface area contributed by atoms with E-state index >= 15 is 0 Å². The van der Waals surface area contributed by atoms with Crippen molar-refractivity contribution in [2.45, 2.75) is 20.3 Å². The second-order valence-corrected chi connectivity index (χ2v) is 5.77. The molecule has 21 heavy (non-hydrogen) atoms. The van der Waals surface area contributed by atoms with E-state index in [2.05, 4.69) is 21.2 Å². The van der Waals surface area contributed by atoms with Crippen LogP contribution in [0.5, 0.6) is 0 Å². The molecule has 0 radical (unpaired) electrons. The number of halogens is 3. The van der Waals surface area contributed by atoms with Crippen molar-refractivity contribution in [3.05, 3.63) is 63.1 Å². The predicted octanol–water partition coefficient (Wildman–Crippen LogP) is 4.53. The fraction of sp³-hybridized carbons (Fsp3) is 0.188. The molecule has 2 rings (SSSR count). The van der Waals surface area contributed by atoms with Crippen molar-refractivity contribution in [2.75, 3.05) is 5.32 Å². The Morgan fingerprint density at radius 3 is 2.48 bits per heavy atom. The van der Waals surface area contributed by atoms with Crippen molar-refractivity contribution in [2.24, 2.45) is 0 Å². The molecule has 1 amide bonds. The van der Waals surface area contributed by atoms with Gasteiger partial charge in [-0.15, -0.1) is 0 Å². The van der Waals surface area contributed by atoms with E-state index in [0.29, 0.717) is 11.3 Å². The Hall–Kier alpha value is -1.75. The van der Waals surface area contributed by atoms with Crippen LogP contribution in [-0.4, -0.2) is 5.91 Å². The zero-order chi connectivity index (χ0) is 15.6. The van der Waals surface area contributed by atoms with Crippen molar-refractivity contribution in [3.8, 4) is 0 Å². The second-order valence-electron chi connectivity index (χ2n) is 4.91. The third-order valence-electron chi connectivity index (χ3n) is 3.04. The number of carbonyl (C=O) groups is 1. The molecule has 1 N–H and O–H groups in total. The van der Waals surface area contributed by atoms with Gasteiger partial charge in [0.05, 0.1) is 12.1 Å². The molecule has 0 bridgehead atoms. The largest absolute Gasteiger partial charge is 0.325 e. The molecule has 0 aromatic heterocycles. The van der Waals surface area contributed by atoms with Crippen molar-refractivity contribution in [1.29, 1.82) is 0 Å². The minimum Gasteiger partial charge on any atom is -0.325 e. The third kappa shape index (κ3) is 3.88. The lowest BCUT2D eigenvalue weighted by Gasteiger charge is -2.12. The smallest absolute Gasteiger partial charge is 0.228 e. The molecule has 2 aromatic carbocycles. The highest BCUT2D eigenvalue weighted by atomic mass is 79.9. The molecule has 0 fully saturated rings. The number of benzene rings is 2. The number of hydrogen-bond donors (Lipinski definition) is 1. The molecule has 0 aliphatic rings. The van der Waals surface area contributed by atoms with Crippen LogP contribution in [0.15, 0.2) is 34.8 Å². The SMILES string of the molecule is Cc1cc(C)c(NC(=O)Cc2ccc(F)c(F)c2)c(Br)c1. The highest BCUT2D eigenvalue weighted by molar-refractivity contribution is 9.10. The quantitative estimate of drug-likeness (QED) is 0.863. The van der Waals surface area contributed by atoms with Crippen molar-refractivity contribution >= 4 is 27.5 Å². The third-order valence-corrected chi connectivity index (χ3v) is 3.67. The summed E-state index contributed by atoms with van der Waals surface area (Å²) in [7, 11) is 0. The Labute approximate surface area is 130 Å². The van der Waals surface area contributed by atoms with Gasteiger partial charge < -0.3 is 5.32 Å². The molecule has 0 atom stereocenters. The van der Waals surface area contributed by atoms with Crippen LogP contribution in [0.4, 0.5) is 14.5 Å². The van der Waals surface area contributed by atoms with Gasteiger partial charge in [-0.2, -0.15) is 0 Å². The fourth-order valence-electron chi connectivity index (χ4n) is 2.09. The molecule has 0 saturated carbocycles. The second kappa shape index (κ2) is 6.35. The molecule has 2 aromatic rings. The number of rotatable bonds is 3. The Morgan fingerprint density at radius 2 is 1.86 bits per heavy atom. The summed E-state index contributed by atoms with van der Waals surface area (Å²) in [5.41, 5.74) is 3.12. The maximum atomic E-state index is 13.1. The fourth-order valence-corrected chi connectivity index (χ4v) is 2.87. The highest BCUT2D eigenvalue weighted by Crippen LogP contribution is 2.27. The zero-order valence-corrected chi connectivity index (χ0v) is 13.2. The van der Waals surface area contributed by atoms with Crippen molar-refractivity contribution < 1.29 is 13.6 Å². The molecule has 0 unspecified atom stereocenters. The van der Waals surface area contributed by atoms with Crippen LogP contribution in [-0.2, 0) is 11.2 Å². The van der Waals surface area contributed by atoms with Gasteiger partial charge in [0.15, 0.2) is 11.6 Å². The predicted molar refractivity (Wildman–Crippen MR) is 82.3 cm³/mol. The molecular formula is C16H14BrF2NO. The van der Waals surface area contributed by atoms with Crippen LogP contribution in [0.1, 0.15) is 16.7 Å². The standard InChI is InChI=1S/C16H14BrF2NO/c1-9-5-10(2)16(12(17)6-9)20-15(21)8-11-3-4-13(18)14(19)7-11/h3-7H,8H2,1-2H3,(H,20,21). The summed E-state index contributed by atoms with van der Waals surface area (Å²) in [6.07, 6.45) is -0.0169. The van der Waals surface area contributed by atoms with Crippen LogP contribution >= 0.6 is 15.9 Å². The summed E-state index contributed by atoms with van der Waals surface area (Å²) in [4.78, 5) is 12.0. The summed E-state index contributed by atoms with van der Waals surface area (Å²) < 4.78 is 26.8. The van der Waals surface area contributed by atoms with Gasteiger partial charge in [0.2, 0.25) is 5.91 Å². The Morgan fingerprint density at radius 1 is 1.14 bits per heavy atom. The minimum atomic E-state index is -0.951. The van der Waals surface area contributed by atoms with Gasteiger partial charge in [-0.3, -0.25) is 4.79 Å². The number of amides is 1. The van der Waals surface area contributed by atoms with Crippen LogP contribution in [0, 0.1) is 25.5 Å². The number of nitrogens with one attached hydrogen (secondary N) is 1. The lowest BCUT2D eigenvalue weighted by molar-refractivity contribution is -0.115. The Kier molecular flexibility index (Phi) is 4.73. The molecule has 5 heteroatoms. The van der Waals surface area contributed by atoms with E-state index in [1.165, 1.54) is 6.07 Å². The number of hydrogen-bond acceptors (Lipinski definition) is 1. The zero-order valence-electron chi connectivity index (χ0n) is 11.6. The van der Waals surface area contributed by atoms with Crippen molar-refractivity contribution in [1.82, 2.24) is 0 Å². The van der Waals surface area contributed by atoms with Crippen LogP contribution in [0.3, 0.4) is 0 Å². The molecule has 0 heterocycles. The normalized spacial score (nSPS) is 10.5. The molecule has 0 aliphatic heterocycles. The van der Waals surface area contributed by atoms with Gasteiger partial charge >= 0.3 is 0 Å². The maximum Gasteiger partial charge on any atom is 0.228 e. The highest BCUT2D eigenvalue weighted by Gasteiger charge is 2.11. The molecule has 0 saturated heterocycles. The lowest BCUT2D eigenvalue weighted by atomic mass is 10.1. The van der Waals surface area contributed by atoms with E-state index in [1.807, 2.05) is 26.0 Å². The first-order valence-corrected chi connectivity index (χ1v) is 7.16. The van der Waals surface area contributed by atoms with Gasteiger partial charge in [0.25, 0.3) is 0 Å². The van der Waals surface area contributed by atoms with Crippen molar-refractivity contribution in [3.63, 3.8) is 0 Å². The average molecular weight is 354 g/mol. The van der Waals surface area contributed by atoms with Gasteiger partial charge in [-0.05, 0) is 64.7 Å². The van der Waals surface area contributed by atoms with Crippen LogP contribution in [0.2, 0.25) is 0 Å². The van der Waals surface area contributed by atoms with Crippen LogP contribution < -0.4 is 5.32 Å². The molecule has 2 nitrogen and oxygen atoms in total. The van der Waals surface area contributed by atoms with Gasteiger partial charge in [0.1, 0.15) is 0 Å². The molecule has 0 spiro atoms. The summed E-state index contributed by atoms with van der Waals surface area (Å²) in [6.45, 7) is 3.86. The van der Waals surface area contributed by atoms with Crippen LogP contribution in [0.25, 0.3) is 0 Å². The summed E-state index contributed by atoms with van der Waals surface area (Å²) >= 11 is 3.41. The van der Waals surface area contributed by atoms with Gasteiger partial charge in [0, 0.05) is 4.47 Å². The van der Waals surface area contributed by atoms with E-state index in [1.54, 1.807) is 0 Å². The first kappa shape index (κ1) is 15.6. The molecule has 0 aliphatic carbocycles. The lowest BCUT2D eigenvalue weighted by Crippen LogP contribution is -2.16. The molecular weight excluding hydrogens is 340 g/mol. The minimum absolute atomic E-state index is 0.0169.